The zero-order valence-electron chi connectivity index (χ0n) is 13.3. The van der Waals surface area contributed by atoms with Gasteiger partial charge in [-0.05, 0) is 24.3 Å². The van der Waals surface area contributed by atoms with Crippen molar-refractivity contribution in [3.8, 4) is 5.69 Å². The van der Waals surface area contributed by atoms with Crippen LogP contribution in [-0.4, -0.2) is 23.6 Å². The maximum atomic E-state index is 13.1. The molecule has 0 aliphatic heterocycles. The van der Waals surface area contributed by atoms with Crippen LogP contribution in [0.25, 0.3) is 22.7 Å². The smallest absolute Gasteiger partial charge is 0.266 e. The van der Waals surface area contributed by atoms with Gasteiger partial charge in [0.1, 0.15) is 5.82 Å². The van der Waals surface area contributed by atoms with E-state index in [0.717, 1.165) is 4.90 Å². The Morgan fingerprint density at radius 2 is 1.71 bits per heavy atom. The molecular formula is C18H16Cl2N3O+. The van der Waals surface area contributed by atoms with Gasteiger partial charge >= 0.3 is 0 Å². The highest BCUT2D eigenvalue weighted by Gasteiger charge is 2.16. The zero-order valence-corrected chi connectivity index (χ0v) is 14.8. The van der Waals surface area contributed by atoms with Crippen molar-refractivity contribution in [3.05, 3.63) is 74.9 Å². The molecule has 0 saturated carbocycles. The lowest BCUT2D eigenvalue weighted by atomic mass is 10.2. The van der Waals surface area contributed by atoms with Crippen molar-refractivity contribution in [3.63, 3.8) is 0 Å². The van der Waals surface area contributed by atoms with Crippen molar-refractivity contribution in [2.45, 2.75) is 0 Å². The second kappa shape index (κ2) is 6.77. The van der Waals surface area contributed by atoms with Crippen LogP contribution in [0.5, 0.6) is 0 Å². The number of rotatable bonds is 3. The molecule has 0 spiro atoms. The summed E-state index contributed by atoms with van der Waals surface area (Å²) in [6, 6.07) is 12.4. The highest BCUT2D eigenvalue weighted by atomic mass is 35.5. The molecule has 0 saturated heterocycles. The molecule has 3 rings (SSSR count). The summed E-state index contributed by atoms with van der Waals surface area (Å²) in [4.78, 5) is 18.8. The standard InChI is InChI=1S/C18H15Cl2N3O/c1-22(2)11-10-16-21-15-9-4-3-6-12(15)18(24)23(16)17-13(19)7-5-8-14(17)20/h3-11H,1-2H3/p+1/b11-10+. The van der Waals surface area contributed by atoms with Gasteiger partial charge < -0.3 is 4.90 Å². The Bertz CT molecular complexity index is 973. The minimum absolute atomic E-state index is 0.205. The van der Waals surface area contributed by atoms with Crippen LogP contribution in [0.1, 0.15) is 5.82 Å². The number of fused-ring (bicyclic) bond motifs is 1. The van der Waals surface area contributed by atoms with Gasteiger partial charge in [-0.3, -0.25) is 9.36 Å². The molecule has 122 valence electrons. The molecule has 0 radical (unpaired) electrons. The van der Waals surface area contributed by atoms with Gasteiger partial charge in [-0.2, -0.15) is 0 Å². The van der Waals surface area contributed by atoms with Gasteiger partial charge in [0.25, 0.3) is 5.56 Å². The first-order valence-electron chi connectivity index (χ1n) is 7.43. The second-order valence-corrected chi connectivity index (χ2v) is 6.42. The average Bonchev–Trinajstić information content (AvgIpc) is 2.55. The third kappa shape index (κ3) is 3.08. The van der Waals surface area contributed by atoms with E-state index in [1.54, 1.807) is 30.3 Å². The molecule has 0 amide bonds. The Morgan fingerprint density at radius 1 is 1.04 bits per heavy atom. The van der Waals surface area contributed by atoms with Crippen LogP contribution in [0.2, 0.25) is 10.0 Å². The van der Waals surface area contributed by atoms with E-state index in [4.69, 9.17) is 23.2 Å². The zero-order chi connectivity index (χ0) is 17.3. The van der Waals surface area contributed by atoms with E-state index in [2.05, 4.69) is 4.98 Å². The van der Waals surface area contributed by atoms with E-state index in [1.807, 2.05) is 38.5 Å². The van der Waals surface area contributed by atoms with Gasteiger partial charge in [0.15, 0.2) is 0 Å². The van der Waals surface area contributed by atoms with Gasteiger partial charge in [-0.25, -0.2) is 4.98 Å². The predicted molar refractivity (Wildman–Crippen MR) is 99.2 cm³/mol. The van der Waals surface area contributed by atoms with Crippen LogP contribution in [-0.2, 0) is 0 Å². The summed E-state index contributed by atoms with van der Waals surface area (Å²) in [5, 5.41) is 1.31. The lowest BCUT2D eigenvalue weighted by molar-refractivity contribution is -0.800. The van der Waals surface area contributed by atoms with Crippen LogP contribution < -0.4 is 10.5 Å². The molecule has 4 nitrogen and oxygen atoms in total. The molecule has 6 heteroatoms. The normalized spacial score (nSPS) is 11.7. The van der Waals surface area contributed by atoms with E-state index in [1.165, 1.54) is 4.57 Å². The van der Waals surface area contributed by atoms with Crippen molar-refractivity contribution < 1.29 is 4.90 Å². The first kappa shape index (κ1) is 16.7. The Kier molecular flexibility index (Phi) is 4.71. The van der Waals surface area contributed by atoms with Crippen molar-refractivity contribution in [2.75, 3.05) is 14.1 Å². The predicted octanol–water partition coefficient (Wildman–Crippen LogP) is 2.81. The summed E-state index contributed by atoms with van der Waals surface area (Å²) in [6.45, 7) is 0. The van der Waals surface area contributed by atoms with Gasteiger partial charge in [-0.1, -0.05) is 41.4 Å². The molecule has 0 atom stereocenters. The molecule has 1 N–H and O–H groups in total. The minimum atomic E-state index is -0.205. The van der Waals surface area contributed by atoms with Crippen LogP contribution in [0.15, 0.2) is 53.5 Å². The van der Waals surface area contributed by atoms with Crippen LogP contribution in [0, 0.1) is 0 Å². The van der Waals surface area contributed by atoms with Crippen LogP contribution in [0.4, 0.5) is 0 Å². The third-order valence-electron chi connectivity index (χ3n) is 3.53. The minimum Gasteiger partial charge on any atom is -0.313 e. The summed E-state index contributed by atoms with van der Waals surface area (Å²) < 4.78 is 1.46. The van der Waals surface area contributed by atoms with Crippen LogP contribution >= 0.6 is 23.2 Å². The number of para-hydroxylation sites is 2. The number of nitrogens with zero attached hydrogens (tertiary/aromatic N) is 2. The van der Waals surface area contributed by atoms with E-state index in [0.29, 0.717) is 32.5 Å². The molecule has 0 bridgehead atoms. The van der Waals surface area contributed by atoms with Gasteiger partial charge in [0.05, 0.1) is 46.9 Å². The average molecular weight is 361 g/mol. The number of benzene rings is 2. The molecule has 0 aliphatic carbocycles. The number of nitrogens with one attached hydrogen (secondary N) is 1. The van der Waals surface area contributed by atoms with Gasteiger partial charge in [-0.15, -0.1) is 0 Å². The Morgan fingerprint density at radius 3 is 2.38 bits per heavy atom. The molecule has 1 heterocycles. The van der Waals surface area contributed by atoms with Crippen molar-refractivity contribution in [2.24, 2.45) is 0 Å². The third-order valence-corrected chi connectivity index (χ3v) is 4.14. The van der Waals surface area contributed by atoms with E-state index >= 15 is 0 Å². The summed E-state index contributed by atoms with van der Waals surface area (Å²) in [5.74, 6) is 0.481. The second-order valence-electron chi connectivity index (χ2n) is 5.61. The van der Waals surface area contributed by atoms with Gasteiger partial charge in [0.2, 0.25) is 0 Å². The fourth-order valence-corrected chi connectivity index (χ4v) is 2.99. The first-order chi connectivity index (χ1) is 11.5. The Balaban J connectivity index is 2.42. The number of aromatic nitrogens is 2. The fraction of sp³-hybridized carbons (Fsp3) is 0.111. The van der Waals surface area contributed by atoms with Crippen LogP contribution in [0.3, 0.4) is 0 Å². The number of quaternary nitrogens is 1. The molecule has 1 aromatic heterocycles. The lowest BCUT2D eigenvalue weighted by Gasteiger charge is -2.14. The summed E-state index contributed by atoms with van der Waals surface area (Å²) in [7, 11) is 3.95. The SMILES string of the molecule is C[NH+](C)/C=C/c1nc2ccccc2c(=O)n1-c1c(Cl)cccc1Cl. The monoisotopic (exact) mass is 360 g/mol. The maximum absolute atomic E-state index is 13.1. The Hall–Kier alpha value is -2.14. The molecule has 0 aliphatic rings. The fourth-order valence-electron chi connectivity index (χ4n) is 2.42. The molecule has 2 aromatic carbocycles. The number of halogens is 2. The van der Waals surface area contributed by atoms with E-state index in [-0.39, 0.29) is 5.56 Å². The quantitative estimate of drug-likeness (QED) is 0.779. The lowest BCUT2D eigenvalue weighted by Crippen LogP contribution is -3.00. The molecular weight excluding hydrogens is 345 g/mol. The van der Waals surface area contributed by atoms with Gasteiger partial charge in [0, 0.05) is 6.08 Å². The molecule has 0 unspecified atom stereocenters. The molecule has 3 aromatic rings. The maximum Gasteiger partial charge on any atom is 0.266 e. The summed E-state index contributed by atoms with van der Waals surface area (Å²) in [5.41, 5.74) is 0.872. The van der Waals surface area contributed by atoms with Crippen molar-refractivity contribution in [1.82, 2.24) is 9.55 Å². The Labute approximate surface area is 149 Å². The summed E-state index contributed by atoms with van der Waals surface area (Å²) >= 11 is 12.6. The number of hydrogen-bond donors (Lipinski definition) is 1. The number of hydrogen-bond acceptors (Lipinski definition) is 2. The molecule has 0 fully saturated rings. The van der Waals surface area contributed by atoms with E-state index < -0.39 is 0 Å². The van der Waals surface area contributed by atoms with E-state index in [9.17, 15) is 4.79 Å². The van der Waals surface area contributed by atoms with Crippen molar-refractivity contribution >= 4 is 40.2 Å². The largest absolute Gasteiger partial charge is 0.313 e. The van der Waals surface area contributed by atoms with Crippen molar-refractivity contribution in [1.29, 1.82) is 0 Å². The molecule has 24 heavy (non-hydrogen) atoms. The topological polar surface area (TPSA) is 39.3 Å². The highest BCUT2D eigenvalue weighted by molar-refractivity contribution is 6.37. The highest BCUT2D eigenvalue weighted by Crippen LogP contribution is 2.28. The summed E-state index contributed by atoms with van der Waals surface area (Å²) in [6.07, 6.45) is 3.70. The first-order valence-corrected chi connectivity index (χ1v) is 8.19.